The molecule has 1 heterocycles. The fourth-order valence-electron chi connectivity index (χ4n) is 2.70. The van der Waals surface area contributed by atoms with Gasteiger partial charge in [-0.15, -0.1) is 0 Å². The molecule has 0 amide bonds. The molecule has 6 heteroatoms. The zero-order valence-corrected chi connectivity index (χ0v) is 16.3. The molecular weight excluding hydrogens is 356 g/mol. The van der Waals surface area contributed by atoms with Crippen molar-refractivity contribution in [3.05, 3.63) is 65.5 Å². The number of methoxy groups -OCH3 is 1. The Balaban J connectivity index is 1.48. The molecule has 0 unspecified atom stereocenters. The smallest absolute Gasteiger partial charge is 0.306 e. The number of aromatic nitrogens is 2. The molecule has 0 spiro atoms. The normalized spacial score (nSPS) is 10.9. The summed E-state index contributed by atoms with van der Waals surface area (Å²) in [4.78, 5) is 16.2. The van der Waals surface area contributed by atoms with Crippen molar-refractivity contribution < 1.29 is 18.8 Å². The monoisotopic (exact) mass is 380 g/mol. The summed E-state index contributed by atoms with van der Waals surface area (Å²) in [5.74, 6) is 1.71. The first kappa shape index (κ1) is 19.6. The fourth-order valence-corrected chi connectivity index (χ4v) is 2.70. The molecule has 0 atom stereocenters. The summed E-state index contributed by atoms with van der Waals surface area (Å²) in [6.07, 6.45) is 0.879. The van der Waals surface area contributed by atoms with Crippen LogP contribution < -0.4 is 4.74 Å². The van der Waals surface area contributed by atoms with Crippen molar-refractivity contribution in [3.8, 4) is 17.1 Å². The van der Waals surface area contributed by atoms with Crippen LogP contribution in [0.25, 0.3) is 11.4 Å². The summed E-state index contributed by atoms with van der Waals surface area (Å²) >= 11 is 0. The molecule has 0 saturated carbocycles. The molecule has 2 aromatic carbocycles. The Morgan fingerprint density at radius 1 is 1.07 bits per heavy atom. The molecule has 0 aliphatic carbocycles. The predicted molar refractivity (Wildman–Crippen MR) is 105 cm³/mol. The number of hydrogen-bond donors (Lipinski definition) is 0. The van der Waals surface area contributed by atoms with Crippen LogP contribution in [0.4, 0.5) is 0 Å². The molecule has 0 fully saturated rings. The van der Waals surface area contributed by atoms with E-state index in [9.17, 15) is 4.79 Å². The number of benzene rings is 2. The van der Waals surface area contributed by atoms with Crippen LogP contribution in [0.5, 0.6) is 5.75 Å². The van der Waals surface area contributed by atoms with Crippen molar-refractivity contribution >= 4 is 5.97 Å². The molecule has 0 N–H and O–H groups in total. The number of nitrogens with zero attached hydrogens (tertiary/aromatic N) is 2. The van der Waals surface area contributed by atoms with Gasteiger partial charge in [0.05, 0.1) is 7.11 Å². The van der Waals surface area contributed by atoms with Gasteiger partial charge in [-0.05, 0) is 35.6 Å². The van der Waals surface area contributed by atoms with Gasteiger partial charge >= 0.3 is 5.97 Å². The first-order chi connectivity index (χ1) is 13.5. The number of esters is 1. The quantitative estimate of drug-likeness (QED) is 0.534. The first-order valence-electron chi connectivity index (χ1n) is 9.26. The second kappa shape index (κ2) is 9.17. The third-order valence-electron chi connectivity index (χ3n) is 4.44. The second-order valence-electron chi connectivity index (χ2n) is 6.80. The topological polar surface area (TPSA) is 74.5 Å². The van der Waals surface area contributed by atoms with Crippen molar-refractivity contribution in [1.82, 2.24) is 10.1 Å². The van der Waals surface area contributed by atoms with E-state index in [-0.39, 0.29) is 24.9 Å². The van der Waals surface area contributed by atoms with Crippen molar-refractivity contribution in [2.45, 2.75) is 39.2 Å². The van der Waals surface area contributed by atoms with Crippen LogP contribution in [0, 0.1) is 0 Å². The lowest BCUT2D eigenvalue weighted by Crippen LogP contribution is -2.06. The summed E-state index contributed by atoms with van der Waals surface area (Å²) in [7, 11) is 1.62. The number of carbonyl (C=O) groups excluding carboxylic acids is 1. The van der Waals surface area contributed by atoms with Gasteiger partial charge in [-0.25, -0.2) is 0 Å². The molecule has 28 heavy (non-hydrogen) atoms. The molecular formula is C22H24N2O4. The Morgan fingerprint density at radius 3 is 2.43 bits per heavy atom. The van der Waals surface area contributed by atoms with Crippen LogP contribution >= 0.6 is 0 Å². The highest BCUT2D eigenvalue weighted by Crippen LogP contribution is 2.20. The van der Waals surface area contributed by atoms with Crippen LogP contribution in [-0.4, -0.2) is 23.2 Å². The van der Waals surface area contributed by atoms with Crippen LogP contribution in [0.15, 0.2) is 53.1 Å². The highest BCUT2D eigenvalue weighted by molar-refractivity contribution is 5.69. The van der Waals surface area contributed by atoms with Crippen molar-refractivity contribution in [2.24, 2.45) is 0 Å². The average molecular weight is 380 g/mol. The molecule has 0 aliphatic rings. The Kier molecular flexibility index (Phi) is 6.42. The van der Waals surface area contributed by atoms with E-state index in [1.807, 2.05) is 36.4 Å². The van der Waals surface area contributed by atoms with Gasteiger partial charge in [-0.1, -0.05) is 55.4 Å². The van der Waals surface area contributed by atoms with Gasteiger partial charge in [0.2, 0.25) is 5.82 Å². The summed E-state index contributed by atoms with van der Waals surface area (Å²) in [6.45, 7) is 4.26. The summed E-state index contributed by atoms with van der Waals surface area (Å²) in [5.41, 5.74) is 3.16. The largest absolute Gasteiger partial charge is 0.497 e. The van der Waals surface area contributed by atoms with E-state index in [1.165, 1.54) is 5.56 Å². The van der Waals surface area contributed by atoms with Crippen molar-refractivity contribution in [1.29, 1.82) is 0 Å². The van der Waals surface area contributed by atoms with E-state index in [4.69, 9.17) is 14.0 Å². The van der Waals surface area contributed by atoms with Gasteiger partial charge < -0.3 is 14.0 Å². The number of rotatable bonds is 8. The molecule has 146 valence electrons. The van der Waals surface area contributed by atoms with Gasteiger partial charge in [0.15, 0.2) is 6.61 Å². The van der Waals surface area contributed by atoms with E-state index in [0.29, 0.717) is 18.2 Å². The van der Waals surface area contributed by atoms with Crippen molar-refractivity contribution in [2.75, 3.05) is 7.11 Å². The van der Waals surface area contributed by atoms with Gasteiger partial charge in [-0.3, -0.25) is 4.79 Å². The summed E-state index contributed by atoms with van der Waals surface area (Å²) in [5, 5.41) is 3.96. The first-order valence-corrected chi connectivity index (χ1v) is 9.26. The Hall–Kier alpha value is -3.15. The molecule has 1 aromatic heterocycles. The van der Waals surface area contributed by atoms with E-state index < -0.39 is 0 Å². The van der Waals surface area contributed by atoms with Gasteiger partial charge in [0.25, 0.3) is 5.89 Å². The summed E-state index contributed by atoms with van der Waals surface area (Å²) < 4.78 is 15.5. The third-order valence-corrected chi connectivity index (χ3v) is 4.44. The zero-order chi connectivity index (χ0) is 19.9. The predicted octanol–water partition coefficient (Wildman–Crippen LogP) is 4.54. The lowest BCUT2D eigenvalue weighted by Gasteiger charge is -2.04. The number of carbonyl (C=O) groups is 1. The van der Waals surface area contributed by atoms with Gasteiger partial charge in [0, 0.05) is 12.0 Å². The highest BCUT2D eigenvalue weighted by atomic mass is 16.6. The molecule has 3 aromatic rings. The molecule has 3 rings (SSSR count). The minimum absolute atomic E-state index is 0.0292. The third kappa shape index (κ3) is 5.19. The van der Waals surface area contributed by atoms with E-state index in [0.717, 1.165) is 16.9 Å². The van der Waals surface area contributed by atoms with Crippen LogP contribution in [-0.2, 0) is 22.6 Å². The van der Waals surface area contributed by atoms with E-state index >= 15 is 0 Å². The minimum Gasteiger partial charge on any atom is -0.497 e. The molecule has 0 aliphatic heterocycles. The fraction of sp³-hybridized carbons (Fsp3) is 0.318. The molecule has 0 bridgehead atoms. The lowest BCUT2D eigenvalue weighted by molar-refractivity contribution is -0.145. The maximum absolute atomic E-state index is 12.0. The Morgan fingerprint density at radius 2 is 1.79 bits per heavy atom. The highest BCUT2D eigenvalue weighted by Gasteiger charge is 2.12. The van der Waals surface area contributed by atoms with Crippen LogP contribution in [0.2, 0.25) is 0 Å². The lowest BCUT2D eigenvalue weighted by atomic mass is 10.0. The minimum atomic E-state index is -0.308. The average Bonchev–Trinajstić information content (AvgIpc) is 3.20. The number of hydrogen-bond acceptors (Lipinski definition) is 6. The molecule has 0 saturated heterocycles. The molecule has 0 radical (unpaired) electrons. The number of ether oxygens (including phenoxy) is 2. The standard InChI is InChI=1S/C22H24N2O4/c1-15(2)17-7-9-18(10-8-17)22-23-20(28-24-22)14-27-21(25)13-6-16-4-11-19(26-3)12-5-16/h4-5,7-12,15H,6,13-14H2,1-3H3. The second-order valence-corrected chi connectivity index (χ2v) is 6.80. The maximum Gasteiger partial charge on any atom is 0.306 e. The van der Waals surface area contributed by atoms with Crippen LogP contribution in [0.3, 0.4) is 0 Å². The van der Waals surface area contributed by atoms with E-state index in [1.54, 1.807) is 7.11 Å². The Labute approximate surface area is 164 Å². The Bertz CT molecular complexity index is 899. The SMILES string of the molecule is COc1ccc(CCC(=O)OCc2nc(-c3ccc(C(C)C)cc3)no2)cc1. The maximum atomic E-state index is 12.0. The zero-order valence-electron chi connectivity index (χ0n) is 16.3. The van der Waals surface area contributed by atoms with Gasteiger partial charge in [-0.2, -0.15) is 4.98 Å². The van der Waals surface area contributed by atoms with Gasteiger partial charge in [0.1, 0.15) is 5.75 Å². The summed E-state index contributed by atoms with van der Waals surface area (Å²) in [6, 6.07) is 15.6. The number of aryl methyl sites for hydroxylation is 1. The molecule has 6 nitrogen and oxygen atoms in total. The van der Waals surface area contributed by atoms with E-state index in [2.05, 4.69) is 36.1 Å². The van der Waals surface area contributed by atoms with Crippen LogP contribution in [0.1, 0.15) is 43.2 Å². The van der Waals surface area contributed by atoms with Crippen molar-refractivity contribution in [3.63, 3.8) is 0 Å².